The van der Waals surface area contributed by atoms with Crippen LogP contribution in [0.4, 0.5) is 5.69 Å². The van der Waals surface area contributed by atoms with Crippen molar-refractivity contribution in [3.8, 4) is 0 Å². The molecule has 2 aromatic carbocycles. The molecule has 9 heteroatoms. The monoisotopic (exact) mass is 424 g/mol. The van der Waals surface area contributed by atoms with Crippen molar-refractivity contribution in [3.63, 3.8) is 0 Å². The Labute approximate surface area is 167 Å². The van der Waals surface area contributed by atoms with Gasteiger partial charge in [0.15, 0.2) is 5.17 Å². The van der Waals surface area contributed by atoms with Crippen LogP contribution in [0, 0.1) is 20.8 Å². The highest BCUT2D eigenvalue weighted by Gasteiger charge is 2.28. The zero-order valence-corrected chi connectivity index (χ0v) is 17.5. The summed E-state index contributed by atoms with van der Waals surface area (Å²) in [5.41, 5.74) is 3.24. The molecule has 0 unspecified atom stereocenters. The predicted octanol–water partition coefficient (Wildman–Crippen LogP) is 4.31. The number of aryl methyl sites for hydroxylation is 3. The number of rotatable bonds is 2. The Kier molecular flexibility index (Phi) is 5.24. The molecule has 1 N–H and O–H groups in total. The highest BCUT2D eigenvalue weighted by atomic mass is 35.5. The first-order valence-electron chi connectivity index (χ1n) is 7.92. The molecule has 0 bridgehead atoms. The smallest absolute Gasteiger partial charge is 0.339 e. The van der Waals surface area contributed by atoms with E-state index < -0.39 is 16.0 Å². The first-order chi connectivity index (χ1) is 12.6. The van der Waals surface area contributed by atoms with E-state index in [-0.39, 0.29) is 10.1 Å². The Morgan fingerprint density at radius 3 is 2.44 bits per heavy atom. The Balaban J connectivity index is 2.05. The molecule has 3 rings (SSSR count). The first-order valence-corrected chi connectivity index (χ1v) is 10.6. The van der Waals surface area contributed by atoms with Crippen LogP contribution in [-0.2, 0) is 14.8 Å². The lowest BCUT2D eigenvalue weighted by Gasteiger charge is -2.19. The van der Waals surface area contributed by atoms with E-state index in [9.17, 15) is 13.2 Å². The minimum atomic E-state index is -3.88. The maximum absolute atomic E-state index is 12.6. The highest BCUT2D eigenvalue weighted by molar-refractivity contribution is 8.15. The molecule has 0 aliphatic carbocycles. The third-order valence-electron chi connectivity index (χ3n) is 4.19. The number of anilines is 1. The van der Waals surface area contributed by atoms with E-state index in [1.807, 2.05) is 13.8 Å². The molecule has 1 aliphatic rings. The lowest BCUT2D eigenvalue weighted by molar-refractivity contribution is 0.0602. The third-order valence-corrected chi connectivity index (χ3v) is 7.11. The minimum absolute atomic E-state index is 0.119. The largest absolute Gasteiger partial charge is 0.465 e. The van der Waals surface area contributed by atoms with Crippen LogP contribution >= 0.6 is 23.4 Å². The molecule has 142 valence electrons. The molecular formula is C18H17ClN2O4S2. The number of halogens is 1. The van der Waals surface area contributed by atoms with Crippen molar-refractivity contribution >= 4 is 50.2 Å². The molecule has 0 radical (unpaired) electrons. The molecular weight excluding hydrogens is 408 g/mol. The van der Waals surface area contributed by atoms with Crippen molar-refractivity contribution in [1.82, 2.24) is 0 Å². The number of carbonyl (C=O) groups is 1. The second-order valence-electron chi connectivity index (χ2n) is 6.12. The first kappa shape index (κ1) is 19.7. The number of ether oxygens (including phenoxy) is 1. The van der Waals surface area contributed by atoms with E-state index in [1.165, 1.54) is 13.2 Å². The van der Waals surface area contributed by atoms with Crippen molar-refractivity contribution in [2.75, 3.05) is 12.4 Å². The third kappa shape index (κ3) is 3.83. The second-order valence-corrected chi connectivity index (χ2v) is 9.13. The van der Waals surface area contributed by atoms with Gasteiger partial charge in [0.05, 0.1) is 18.4 Å². The fourth-order valence-corrected chi connectivity index (χ4v) is 5.38. The van der Waals surface area contributed by atoms with Crippen LogP contribution in [-0.4, -0.2) is 26.7 Å². The molecule has 2 aromatic rings. The van der Waals surface area contributed by atoms with Gasteiger partial charge in [-0.25, -0.2) is 4.79 Å². The summed E-state index contributed by atoms with van der Waals surface area (Å²) >= 11 is 7.28. The van der Waals surface area contributed by atoms with Gasteiger partial charge in [0.1, 0.15) is 4.90 Å². The Morgan fingerprint density at radius 1 is 1.11 bits per heavy atom. The van der Waals surface area contributed by atoms with E-state index in [1.54, 1.807) is 25.1 Å². The molecule has 1 aliphatic heterocycles. The summed E-state index contributed by atoms with van der Waals surface area (Å²) in [6.07, 6.45) is 0. The van der Waals surface area contributed by atoms with Crippen LogP contribution in [0.1, 0.15) is 27.0 Å². The fraction of sp³-hybridized carbons (Fsp3) is 0.222. The number of hydrogen-bond donors (Lipinski definition) is 1. The summed E-state index contributed by atoms with van der Waals surface area (Å²) in [7, 11) is -2.59. The van der Waals surface area contributed by atoms with Crippen molar-refractivity contribution < 1.29 is 17.9 Å². The molecule has 0 amide bonds. The number of thioether (sulfide) groups is 1. The molecule has 1 heterocycles. The van der Waals surface area contributed by atoms with Crippen LogP contribution in [0.5, 0.6) is 0 Å². The summed E-state index contributed by atoms with van der Waals surface area (Å²) in [4.78, 5) is 12.7. The zero-order valence-electron chi connectivity index (χ0n) is 15.1. The van der Waals surface area contributed by atoms with Gasteiger partial charge in [0.2, 0.25) is 0 Å². The van der Waals surface area contributed by atoms with Crippen molar-refractivity contribution in [1.29, 1.82) is 0 Å². The number of hydrogen-bond acceptors (Lipinski definition) is 6. The molecule has 0 saturated heterocycles. The molecule has 0 aromatic heterocycles. The van der Waals surface area contributed by atoms with E-state index in [4.69, 9.17) is 16.3 Å². The molecule has 0 fully saturated rings. The Bertz CT molecular complexity index is 1100. The van der Waals surface area contributed by atoms with Crippen molar-refractivity contribution in [2.45, 2.75) is 30.6 Å². The van der Waals surface area contributed by atoms with Crippen molar-refractivity contribution in [3.05, 3.63) is 51.5 Å². The van der Waals surface area contributed by atoms with Crippen LogP contribution in [0.2, 0.25) is 5.02 Å². The molecule has 0 atom stereocenters. The highest BCUT2D eigenvalue weighted by Crippen LogP contribution is 2.38. The Morgan fingerprint density at radius 2 is 1.78 bits per heavy atom. The average Bonchev–Trinajstić information content (AvgIpc) is 2.58. The van der Waals surface area contributed by atoms with Crippen LogP contribution < -0.4 is 5.32 Å². The van der Waals surface area contributed by atoms with E-state index in [0.717, 1.165) is 22.9 Å². The van der Waals surface area contributed by atoms with Gasteiger partial charge in [0.25, 0.3) is 10.0 Å². The number of carbonyl (C=O) groups excluding carboxylic acids is 1. The van der Waals surface area contributed by atoms with E-state index >= 15 is 0 Å². The number of esters is 1. The SMILES string of the molecule is COC(=O)c1cc(C)c(C)cc1NC1=NS(=O)(=O)c2cc(C)c(Cl)cc2S1. The van der Waals surface area contributed by atoms with Crippen molar-refractivity contribution in [2.24, 2.45) is 4.40 Å². The molecule has 6 nitrogen and oxygen atoms in total. The van der Waals surface area contributed by atoms with Gasteiger partial charge in [-0.15, -0.1) is 4.40 Å². The van der Waals surface area contributed by atoms with Crippen LogP contribution in [0.15, 0.2) is 38.5 Å². The Hall–Kier alpha value is -2.03. The fourth-order valence-electron chi connectivity index (χ4n) is 2.56. The molecule has 27 heavy (non-hydrogen) atoms. The summed E-state index contributed by atoms with van der Waals surface area (Å²) in [6, 6.07) is 6.57. The predicted molar refractivity (Wildman–Crippen MR) is 108 cm³/mol. The standard InChI is InChI=1S/C18H17ClN2O4S2/c1-9-5-12(17(22)25-4)14(6-10(9)2)20-18-21-27(23,24)16-7-11(3)13(19)8-15(16)26-18/h5-8H,1-4H3,(H,20,21). The van der Waals surface area contributed by atoms with Gasteiger partial charge in [0, 0.05) is 9.92 Å². The van der Waals surface area contributed by atoms with Gasteiger partial charge in [-0.3, -0.25) is 0 Å². The normalized spacial score (nSPS) is 14.9. The average molecular weight is 425 g/mol. The lowest BCUT2D eigenvalue weighted by Crippen LogP contribution is -2.18. The van der Waals surface area contributed by atoms with Crippen LogP contribution in [0.25, 0.3) is 0 Å². The van der Waals surface area contributed by atoms with Gasteiger partial charge in [-0.2, -0.15) is 8.42 Å². The summed E-state index contributed by atoms with van der Waals surface area (Å²) in [5.74, 6) is -0.524. The summed E-state index contributed by atoms with van der Waals surface area (Å²) in [5, 5.41) is 3.56. The maximum atomic E-state index is 12.6. The number of benzene rings is 2. The maximum Gasteiger partial charge on any atom is 0.339 e. The van der Waals surface area contributed by atoms with E-state index in [0.29, 0.717) is 26.7 Å². The number of methoxy groups -OCH3 is 1. The lowest BCUT2D eigenvalue weighted by atomic mass is 10.0. The summed E-state index contributed by atoms with van der Waals surface area (Å²) in [6.45, 7) is 5.51. The second kappa shape index (κ2) is 7.18. The van der Waals surface area contributed by atoms with Gasteiger partial charge in [-0.05, 0) is 73.5 Å². The molecule has 0 saturated carbocycles. The van der Waals surface area contributed by atoms with Gasteiger partial charge in [-0.1, -0.05) is 11.6 Å². The summed E-state index contributed by atoms with van der Waals surface area (Å²) < 4.78 is 33.8. The number of amidine groups is 1. The van der Waals surface area contributed by atoms with Gasteiger partial charge < -0.3 is 10.1 Å². The van der Waals surface area contributed by atoms with E-state index in [2.05, 4.69) is 9.71 Å². The van der Waals surface area contributed by atoms with Crippen LogP contribution in [0.3, 0.4) is 0 Å². The zero-order chi connectivity index (χ0) is 19.9. The van der Waals surface area contributed by atoms with Gasteiger partial charge >= 0.3 is 5.97 Å². The number of sulfonamides is 1. The minimum Gasteiger partial charge on any atom is -0.465 e. The number of nitrogens with one attached hydrogen (secondary N) is 1. The topological polar surface area (TPSA) is 84.8 Å². The number of fused-ring (bicyclic) bond motifs is 1. The molecule has 0 spiro atoms. The quantitative estimate of drug-likeness (QED) is 0.723. The number of nitrogens with zero attached hydrogens (tertiary/aromatic N) is 1.